The Morgan fingerprint density at radius 1 is 0.723 bits per heavy atom. The van der Waals surface area contributed by atoms with Gasteiger partial charge in [-0.05, 0) is 52.7 Å². The van der Waals surface area contributed by atoms with Gasteiger partial charge >= 0.3 is 0 Å². The van der Waals surface area contributed by atoms with E-state index >= 15 is 0 Å². The van der Waals surface area contributed by atoms with Crippen LogP contribution in [0.2, 0.25) is 0 Å². The minimum absolute atomic E-state index is 0.410. The fourth-order valence-corrected chi connectivity index (χ4v) is 5.88. The molecule has 0 fully saturated rings. The molecule has 0 spiro atoms. The molecule has 0 aliphatic carbocycles. The molecule has 12 nitrogen and oxygen atoms in total. The maximum atomic E-state index is 10.4. The molecule has 0 atom stereocenters. The fraction of sp³-hybridized carbons (Fsp3) is 0.429. The number of aliphatic hydroxyl groups is 2. The zero-order valence-electron chi connectivity index (χ0n) is 28.5. The number of anilines is 4. The summed E-state index contributed by atoms with van der Waals surface area (Å²) in [6.45, 7) is 13.9. The van der Waals surface area contributed by atoms with E-state index in [0.29, 0.717) is 41.7 Å². The summed E-state index contributed by atoms with van der Waals surface area (Å²) in [5.74, 6) is 2.35. The molecule has 0 unspecified atom stereocenters. The van der Waals surface area contributed by atoms with E-state index in [2.05, 4.69) is 43.6 Å². The van der Waals surface area contributed by atoms with E-state index in [1.807, 2.05) is 60.1 Å². The van der Waals surface area contributed by atoms with Crippen molar-refractivity contribution >= 4 is 67.4 Å². The zero-order chi connectivity index (χ0) is 34.1. The first-order valence-corrected chi connectivity index (χ1v) is 16.2. The molecule has 250 valence electrons. The molecule has 6 rings (SSSR count). The molecule has 4 aromatic heterocycles. The number of fused-ring (bicyclic) bond motifs is 6. The quantitative estimate of drug-likeness (QED) is 0.128. The van der Waals surface area contributed by atoms with Crippen molar-refractivity contribution in [3.8, 4) is 0 Å². The minimum Gasteiger partial charge on any atom is -0.389 e. The Bertz CT molecular complexity index is 2020. The van der Waals surface area contributed by atoms with Gasteiger partial charge in [-0.15, -0.1) is 0 Å². The lowest BCUT2D eigenvalue weighted by molar-refractivity contribution is 0.0625. The number of nitrogens with one attached hydrogen (secondary N) is 1. The SMILES string of the molecule is CCCN(C)c1nc2c(N)nc3ccccc3c2n1CC(C)(C)O.CCCNc1nc2c(N)nc3ccccc3c2n1CC(C)(C)O. The van der Waals surface area contributed by atoms with E-state index in [1.54, 1.807) is 27.7 Å². The molecular formula is C35H48N10O2. The summed E-state index contributed by atoms with van der Waals surface area (Å²) >= 11 is 0. The van der Waals surface area contributed by atoms with E-state index in [0.717, 1.165) is 64.7 Å². The number of benzene rings is 2. The maximum Gasteiger partial charge on any atom is 0.206 e. The van der Waals surface area contributed by atoms with Crippen molar-refractivity contribution in [2.45, 2.75) is 78.7 Å². The summed E-state index contributed by atoms with van der Waals surface area (Å²) in [6, 6.07) is 15.8. The van der Waals surface area contributed by atoms with Gasteiger partial charge in [-0.2, -0.15) is 0 Å². The lowest BCUT2D eigenvalue weighted by Crippen LogP contribution is -2.29. The third kappa shape index (κ3) is 7.18. The van der Waals surface area contributed by atoms with Crippen LogP contribution in [0.5, 0.6) is 0 Å². The molecule has 0 radical (unpaired) electrons. The summed E-state index contributed by atoms with van der Waals surface area (Å²) in [6.07, 6.45) is 2.00. The predicted octanol–water partition coefficient (Wildman–Crippen LogP) is 5.54. The Labute approximate surface area is 275 Å². The summed E-state index contributed by atoms with van der Waals surface area (Å²) in [5, 5.41) is 26.0. The largest absolute Gasteiger partial charge is 0.389 e. The first-order chi connectivity index (χ1) is 22.2. The first kappa shape index (κ1) is 33.7. The Balaban J connectivity index is 0.000000185. The van der Waals surface area contributed by atoms with Gasteiger partial charge in [-0.25, -0.2) is 19.9 Å². The van der Waals surface area contributed by atoms with Gasteiger partial charge in [-0.3, -0.25) is 0 Å². The summed E-state index contributed by atoms with van der Waals surface area (Å²) in [5.41, 5.74) is 15.4. The van der Waals surface area contributed by atoms with Crippen LogP contribution in [0, 0.1) is 0 Å². The van der Waals surface area contributed by atoms with Crippen molar-refractivity contribution in [1.82, 2.24) is 29.1 Å². The molecule has 0 saturated carbocycles. The number of pyridine rings is 2. The van der Waals surface area contributed by atoms with Gasteiger partial charge in [0.25, 0.3) is 0 Å². The van der Waals surface area contributed by atoms with Crippen LogP contribution in [0.3, 0.4) is 0 Å². The van der Waals surface area contributed by atoms with Gasteiger partial charge in [0.2, 0.25) is 11.9 Å². The van der Waals surface area contributed by atoms with Crippen LogP contribution >= 0.6 is 0 Å². The second kappa shape index (κ2) is 13.2. The highest BCUT2D eigenvalue weighted by Crippen LogP contribution is 2.33. The molecule has 0 aliphatic rings. The molecule has 0 bridgehead atoms. The number of hydrogen-bond donors (Lipinski definition) is 5. The van der Waals surface area contributed by atoms with Gasteiger partial charge in [0.15, 0.2) is 11.6 Å². The Hall–Kier alpha value is -4.68. The fourth-order valence-electron chi connectivity index (χ4n) is 5.88. The normalized spacial score (nSPS) is 12.2. The minimum atomic E-state index is -0.866. The number of aromatic nitrogens is 6. The Morgan fingerprint density at radius 3 is 1.72 bits per heavy atom. The predicted molar refractivity (Wildman–Crippen MR) is 194 cm³/mol. The van der Waals surface area contributed by atoms with Gasteiger partial charge < -0.3 is 41.0 Å². The van der Waals surface area contributed by atoms with Crippen LogP contribution in [0.1, 0.15) is 54.4 Å². The number of rotatable bonds is 10. The van der Waals surface area contributed by atoms with E-state index in [-0.39, 0.29) is 0 Å². The van der Waals surface area contributed by atoms with Crippen molar-refractivity contribution < 1.29 is 10.2 Å². The van der Waals surface area contributed by atoms with Gasteiger partial charge in [0, 0.05) is 30.9 Å². The average molecular weight is 641 g/mol. The number of nitrogens with zero attached hydrogens (tertiary/aromatic N) is 7. The van der Waals surface area contributed by atoms with E-state index in [4.69, 9.17) is 16.5 Å². The average Bonchev–Trinajstić information content (AvgIpc) is 3.55. The second-order valence-electron chi connectivity index (χ2n) is 13.4. The zero-order valence-corrected chi connectivity index (χ0v) is 28.5. The maximum absolute atomic E-state index is 10.4. The van der Waals surface area contributed by atoms with Gasteiger partial charge in [0.1, 0.15) is 11.0 Å². The van der Waals surface area contributed by atoms with E-state index in [1.165, 1.54) is 0 Å². The van der Waals surface area contributed by atoms with Crippen LogP contribution in [0.15, 0.2) is 48.5 Å². The summed E-state index contributed by atoms with van der Waals surface area (Å²) < 4.78 is 4.07. The number of nitrogen functional groups attached to an aromatic ring is 2. The van der Waals surface area contributed by atoms with Crippen LogP contribution in [0.4, 0.5) is 23.5 Å². The highest BCUT2D eigenvalue weighted by Gasteiger charge is 2.24. The van der Waals surface area contributed by atoms with Crippen molar-refractivity contribution in [3.63, 3.8) is 0 Å². The second-order valence-corrected chi connectivity index (χ2v) is 13.4. The van der Waals surface area contributed by atoms with Crippen molar-refractivity contribution in [2.24, 2.45) is 0 Å². The number of nitrogens with two attached hydrogens (primary N) is 2. The molecule has 0 aliphatic heterocycles. The van der Waals surface area contributed by atoms with Gasteiger partial charge in [-0.1, -0.05) is 50.2 Å². The van der Waals surface area contributed by atoms with E-state index < -0.39 is 11.2 Å². The Morgan fingerprint density at radius 2 is 1.21 bits per heavy atom. The molecule has 47 heavy (non-hydrogen) atoms. The van der Waals surface area contributed by atoms with Gasteiger partial charge in [0.05, 0.1) is 46.4 Å². The molecule has 2 aromatic carbocycles. The third-order valence-electron chi connectivity index (χ3n) is 7.72. The molecule has 7 N–H and O–H groups in total. The van der Waals surface area contributed by atoms with Crippen LogP contribution in [-0.4, -0.2) is 70.6 Å². The number of imidazole rings is 2. The lowest BCUT2D eigenvalue weighted by atomic mass is 10.1. The molecule has 0 saturated heterocycles. The van der Waals surface area contributed by atoms with Crippen LogP contribution in [0.25, 0.3) is 43.9 Å². The number of hydrogen-bond acceptors (Lipinski definition) is 10. The summed E-state index contributed by atoms with van der Waals surface area (Å²) in [4.78, 5) is 20.4. The third-order valence-corrected chi connectivity index (χ3v) is 7.72. The Kier molecular flexibility index (Phi) is 9.46. The number of para-hydroxylation sites is 2. The molecule has 4 heterocycles. The topological polar surface area (TPSA) is 169 Å². The van der Waals surface area contributed by atoms with E-state index in [9.17, 15) is 10.2 Å². The first-order valence-electron chi connectivity index (χ1n) is 16.2. The van der Waals surface area contributed by atoms with Crippen molar-refractivity contribution in [2.75, 3.05) is 41.8 Å². The molecule has 0 amide bonds. The van der Waals surface area contributed by atoms with Crippen LogP contribution < -0.4 is 21.7 Å². The molecule has 12 heteroatoms. The lowest BCUT2D eigenvalue weighted by Gasteiger charge is -2.24. The smallest absolute Gasteiger partial charge is 0.206 e. The molecular weight excluding hydrogens is 592 g/mol. The van der Waals surface area contributed by atoms with Crippen LogP contribution in [-0.2, 0) is 13.1 Å². The van der Waals surface area contributed by atoms with Crippen molar-refractivity contribution in [3.05, 3.63) is 48.5 Å². The highest BCUT2D eigenvalue weighted by molar-refractivity contribution is 6.08. The summed E-state index contributed by atoms with van der Waals surface area (Å²) in [7, 11) is 2.01. The van der Waals surface area contributed by atoms with Crippen molar-refractivity contribution in [1.29, 1.82) is 0 Å². The highest BCUT2D eigenvalue weighted by atomic mass is 16.3. The molecule has 6 aromatic rings. The standard InChI is InChI=1S/C18H25N5O.C17H23N5O/c1-5-10-22(4)17-21-14-15(23(17)11-18(2,3)24)12-8-6-7-9-13(12)20-16(14)19;1-4-9-19-16-21-13-14(22(16)10-17(2,3)23)11-7-5-6-8-12(11)20-15(13)18/h6-9,24H,5,10-11H2,1-4H3,(H2,19,20);5-8,23H,4,9-10H2,1-3H3,(H2,18,20)(H,19,21). The monoisotopic (exact) mass is 640 g/mol.